The molecule has 3 heterocycles. The lowest BCUT2D eigenvalue weighted by Gasteiger charge is -2.18. The normalized spacial score (nSPS) is 18.4. The van der Waals surface area contributed by atoms with E-state index in [-0.39, 0.29) is 5.82 Å². The smallest absolute Gasteiger partial charge is 0.165 e. The Morgan fingerprint density at radius 3 is 3.05 bits per heavy atom. The largest absolute Gasteiger partial charge is 0.361 e. The number of aromatic nitrogens is 2. The van der Waals surface area contributed by atoms with Gasteiger partial charge in [0.15, 0.2) is 11.6 Å². The molecule has 0 amide bonds. The lowest BCUT2D eigenvalue weighted by molar-refractivity contribution is 0.391. The number of pyridine rings is 1. The Morgan fingerprint density at radius 2 is 2.33 bits per heavy atom. The number of anilines is 1. The van der Waals surface area contributed by atoms with Gasteiger partial charge in [0.2, 0.25) is 0 Å². The second-order valence-electron chi connectivity index (χ2n) is 5.42. The maximum absolute atomic E-state index is 13.7. The first kappa shape index (κ1) is 14.0. The molecular weight excluding hydrogens is 271 g/mol. The van der Waals surface area contributed by atoms with Gasteiger partial charge >= 0.3 is 0 Å². The Labute approximate surface area is 123 Å². The van der Waals surface area contributed by atoms with Gasteiger partial charge in [-0.05, 0) is 32.4 Å². The third kappa shape index (κ3) is 2.90. The van der Waals surface area contributed by atoms with Crippen molar-refractivity contribution in [2.75, 3.05) is 18.0 Å². The van der Waals surface area contributed by atoms with E-state index >= 15 is 0 Å². The first-order valence-corrected chi connectivity index (χ1v) is 7.15. The number of rotatable bonds is 4. The predicted molar refractivity (Wildman–Crippen MR) is 77.6 cm³/mol. The van der Waals surface area contributed by atoms with Crippen molar-refractivity contribution in [3.05, 3.63) is 41.2 Å². The van der Waals surface area contributed by atoms with E-state index in [9.17, 15) is 4.39 Å². The Hall–Kier alpha value is -1.95. The second kappa shape index (κ2) is 5.81. The van der Waals surface area contributed by atoms with Crippen molar-refractivity contribution in [2.45, 2.75) is 32.9 Å². The molecule has 1 atom stereocenters. The van der Waals surface area contributed by atoms with Crippen molar-refractivity contribution in [3.63, 3.8) is 0 Å². The molecule has 2 aromatic rings. The molecule has 112 valence electrons. The summed E-state index contributed by atoms with van der Waals surface area (Å²) in [5.41, 5.74) is 2.03. The van der Waals surface area contributed by atoms with Crippen LogP contribution in [0, 0.1) is 19.7 Å². The molecule has 1 saturated heterocycles. The number of aryl methyl sites for hydroxylation is 2. The van der Waals surface area contributed by atoms with E-state index in [2.05, 4.69) is 15.5 Å². The van der Waals surface area contributed by atoms with Gasteiger partial charge < -0.3 is 14.7 Å². The lowest BCUT2D eigenvalue weighted by Crippen LogP contribution is -2.32. The average Bonchev–Trinajstić information content (AvgIpc) is 3.05. The van der Waals surface area contributed by atoms with E-state index in [4.69, 9.17) is 4.52 Å². The molecule has 21 heavy (non-hydrogen) atoms. The minimum Gasteiger partial charge on any atom is -0.361 e. The summed E-state index contributed by atoms with van der Waals surface area (Å²) in [4.78, 5) is 6.12. The minimum atomic E-state index is -0.260. The van der Waals surface area contributed by atoms with Crippen LogP contribution in [0.3, 0.4) is 0 Å². The molecule has 0 saturated carbocycles. The van der Waals surface area contributed by atoms with Crippen LogP contribution >= 0.6 is 0 Å². The van der Waals surface area contributed by atoms with Crippen molar-refractivity contribution in [2.24, 2.45) is 0 Å². The molecule has 5 nitrogen and oxygen atoms in total. The zero-order valence-electron chi connectivity index (χ0n) is 12.3. The molecule has 0 spiro atoms. The molecule has 1 N–H and O–H groups in total. The molecule has 0 aromatic carbocycles. The topological polar surface area (TPSA) is 54.2 Å². The van der Waals surface area contributed by atoms with Crippen molar-refractivity contribution in [1.29, 1.82) is 0 Å². The highest BCUT2D eigenvalue weighted by molar-refractivity contribution is 5.41. The molecule has 0 bridgehead atoms. The van der Waals surface area contributed by atoms with Crippen molar-refractivity contribution in [3.8, 4) is 0 Å². The van der Waals surface area contributed by atoms with Crippen LogP contribution in [-0.2, 0) is 6.54 Å². The standard InChI is InChI=1S/C15H19FN4O/c1-10-13(11(2)21-19-10)8-18-12-5-7-20(9-12)15-14(16)4-3-6-17-15/h3-4,6,12,18H,5,7-9H2,1-2H3/t12-/m0/s1. The number of hydrogen-bond acceptors (Lipinski definition) is 5. The molecule has 6 heteroatoms. The molecule has 0 aliphatic carbocycles. The number of nitrogens with zero attached hydrogens (tertiary/aromatic N) is 3. The molecular formula is C15H19FN4O. The third-order valence-electron chi connectivity index (χ3n) is 3.98. The molecule has 3 rings (SSSR count). The summed E-state index contributed by atoms with van der Waals surface area (Å²) in [5, 5.41) is 7.44. The van der Waals surface area contributed by atoms with E-state index < -0.39 is 0 Å². The Balaban J connectivity index is 1.59. The highest BCUT2D eigenvalue weighted by Crippen LogP contribution is 2.21. The summed E-state index contributed by atoms with van der Waals surface area (Å²) in [7, 11) is 0. The van der Waals surface area contributed by atoms with E-state index in [1.807, 2.05) is 18.7 Å². The fraction of sp³-hybridized carbons (Fsp3) is 0.467. The second-order valence-corrected chi connectivity index (χ2v) is 5.42. The van der Waals surface area contributed by atoms with Gasteiger partial charge in [-0.2, -0.15) is 0 Å². The summed E-state index contributed by atoms with van der Waals surface area (Å²) in [6.45, 7) is 6.16. The highest BCUT2D eigenvalue weighted by Gasteiger charge is 2.25. The predicted octanol–water partition coefficient (Wildman–Crippen LogP) is 2.19. The van der Waals surface area contributed by atoms with E-state index in [0.717, 1.165) is 43.1 Å². The minimum absolute atomic E-state index is 0.260. The van der Waals surface area contributed by atoms with Crippen LogP contribution in [0.15, 0.2) is 22.9 Å². The lowest BCUT2D eigenvalue weighted by atomic mass is 10.2. The van der Waals surface area contributed by atoms with Crippen LogP contribution in [0.4, 0.5) is 10.2 Å². The van der Waals surface area contributed by atoms with Crippen LogP contribution in [-0.4, -0.2) is 29.3 Å². The number of hydrogen-bond donors (Lipinski definition) is 1. The maximum atomic E-state index is 13.7. The van der Waals surface area contributed by atoms with Gasteiger partial charge in [0.25, 0.3) is 0 Å². The van der Waals surface area contributed by atoms with Gasteiger partial charge in [0, 0.05) is 37.4 Å². The summed E-state index contributed by atoms with van der Waals surface area (Å²) in [6.07, 6.45) is 2.60. The van der Waals surface area contributed by atoms with Gasteiger partial charge in [-0.25, -0.2) is 9.37 Å². The fourth-order valence-corrected chi connectivity index (χ4v) is 2.73. The molecule has 0 radical (unpaired) electrons. The van der Waals surface area contributed by atoms with Crippen LogP contribution in [0.1, 0.15) is 23.4 Å². The van der Waals surface area contributed by atoms with Crippen molar-refractivity contribution >= 4 is 5.82 Å². The van der Waals surface area contributed by atoms with Crippen LogP contribution in [0.5, 0.6) is 0 Å². The Kier molecular flexibility index (Phi) is 3.88. The SMILES string of the molecule is Cc1noc(C)c1CN[C@H]1CCN(c2ncccc2F)C1. The highest BCUT2D eigenvalue weighted by atomic mass is 19.1. The summed E-state index contributed by atoms with van der Waals surface area (Å²) >= 11 is 0. The van der Waals surface area contributed by atoms with Crippen LogP contribution in [0.25, 0.3) is 0 Å². The average molecular weight is 290 g/mol. The quantitative estimate of drug-likeness (QED) is 0.935. The van der Waals surface area contributed by atoms with Crippen molar-refractivity contribution < 1.29 is 8.91 Å². The molecule has 1 aliphatic heterocycles. The monoisotopic (exact) mass is 290 g/mol. The Morgan fingerprint density at radius 1 is 1.48 bits per heavy atom. The summed E-state index contributed by atoms with van der Waals surface area (Å²) in [6, 6.07) is 3.38. The van der Waals surface area contributed by atoms with Gasteiger partial charge in [-0.1, -0.05) is 5.16 Å². The van der Waals surface area contributed by atoms with E-state index in [1.165, 1.54) is 6.07 Å². The molecule has 2 aromatic heterocycles. The van der Waals surface area contributed by atoms with Crippen LogP contribution in [0.2, 0.25) is 0 Å². The zero-order chi connectivity index (χ0) is 14.8. The zero-order valence-corrected chi connectivity index (χ0v) is 12.3. The molecule has 1 fully saturated rings. The van der Waals surface area contributed by atoms with Crippen molar-refractivity contribution in [1.82, 2.24) is 15.5 Å². The van der Waals surface area contributed by atoms with Crippen LogP contribution < -0.4 is 10.2 Å². The first-order valence-electron chi connectivity index (χ1n) is 7.15. The first-order chi connectivity index (χ1) is 10.1. The van der Waals surface area contributed by atoms with Gasteiger partial charge in [-0.3, -0.25) is 0 Å². The third-order valence-corrected chi connectivity index (χ3v) is 3.98. The summed E-state index contributed by atoms with van der Waals surface area (Å²) < 4.78 is 18.9. The Bertz CT molecular complexity index is 608. The maximum Gasteiger partial charge on any atom is 0.165 e. The number of halogens is 1. The van der Waals surface area contributed by atoms with Gasteiger partial charge in [-0.15, -0.1) is 0 Å². The molecule has 0 unspecified atom stereocenters. The number of nitrogens with one attached hydrogen (secondary N) is 1. The van der Waals surface area contributed by atoms with E-state index in [1.54, 1.807) is 12.3 Å². The molecule has 1 aliphatic rings. The van der Waals surface area contributed by atoms with Gasteiger partial charge in [0.05, 0.1) is 5.69 Å². The van der Waals surface area contributed by atoms with Gasteiger partial charge in [0.1, 0.15) is 5.76 Å². The van der Waals surface area contributed by atoms with E-state index in [0.29, 0.717) is 11.9 Å². The summed E-state index contributed by atoms with van der Waals surface area (Å²) in [5.74, 6) is 1.04. The fourth-order valence-electron chi connectivity index (χ4n) is 2.73.